The van der Waals surface area contributed by atoms with Crippen LogP contribution in [-0.2, 0) is 26.9 Å². The van der Waals surface area contributed by atoms with E-state index in [2.05, 4.69) is 5.32 Å². The van der Waals surface area contributed by atoms with Crippen LogP contribution >= 0.6 is 0 Å². The van der Waals surface area contributed by atoms with Gasteiger partial charge in [0.05, 0.1) is 10.6 Å². The summed E-state index contributed by atoms with van der Waals surface area (Å²) in [7, 11) is -1.97. The number of aromatic nitrogens is 1. The van der Waals surface area contributed by atoms with E-state index in [1.165, 1.54) is 0 Å². The maximum absolute atomic E-state index is 13.0. The molecular weight excluding hydrogens is 336 g/mol. The van der Waals surface area contributed by atoms with Gasteiger partial charge in [-0.2, -0.15) is 0 Å². The Bertz CT molecular complexity index is 1020. The van der Waals surface area contributed by atoms with Gasteiger partial charge in [0.15, 0.2) is 9.84 Å². The lowest BCUT2D eigenvalue weighted by atomic mass is 10.2. The molecule has 1 amide bonds. The summed E-state index contributed by atoms with van der Waals surface area (Å²) in [6, 6.07) is 14.7. The van der Waals surface area contributed by atoms with Gasteiger partial charge in [0.25, 0.3) is 0 Å². The molecule has 0 bridgehead atoms. The van der Waals surface area contributed by atoms with E-state index in [9.17, 15) is 13.2 Å². The van der Waals surface area contributed by atoms with E-state index in [0.717, 1.165) is 16.6 Å². The van der Waals surface area contributed by atoms with E-state index in [0.29, 0.717) is 5.39 Å². The highest BCUT2D eigenvalue weighted by atomic mass is 32.2. The number of likely N-dealkylation sites (N-methyl/N-ethyl adjacent to an activating group) is 1. The van der Waals surface area contributed by atoms with Gasteiger partial charge in [0.1, 0.15) is 6.54 Å². The van der Waals surface area contributed by atoms with Crippen molar-refractivity contribution in [2.45, 2.75) is 24.1 Å². The van der Waals surface area contributed by atoms with Crippen molar-refractivity contribution >= 4 is 26.6 Å². The van der Waals surface area contributed by atoms with Crippen LogP contribution in [0.3, 0.4) is 0 Å². The highest BCUT2D eigenvalue weighted by Crippen LogP contribution is 2.28. The quantitative estimate of drug-likeness (QED) is 0.764. The van der Waals surface area contributed by atoms with Crippen molar-refractivity contribution in [2.75, 3.05) is 7.05 Å². The third kappa shape index (κ3) is 3.58. The number of amides is 1. The summed E-state index contributed by atoms with van der Waals surface area (Å²) >= 11 is 0. The summed E-state index contributed by atoms with van der Waals surface area (Å²) in [5.41, 5.74) is 2.56. The molecular formula is C19H20N2O3S. The predicted octanol–water partition coefficient (Wildman–Crippen LogP) is 2.67. The standard InChI is InChI=1S/C19H20N2O3S/c1-14-7-9-15(10-8-14)13-25(23,24)18-11-21(12-19(22)20-2)17-6-4-3-5-16(17)18/h3-11H,12-13H2,1-2H3,(H,20,22). The Morgan fingerprint density at radius 1 is 1.08 bits per heavy atom. The van der Waals surface area contributed by atoms with Crippen molar-refractivity contribution in [1.82, 2.24) is 9.88 Å². The Labute approximate surface area is 147 Å². The molecule has 0 spiro atoms. The molecule has 1 aromatic heterocycles. The number of hydrogen-bond acceptors (Lipinski definition) is 3. The van der Waals surface area contributed by atoms with Gasteiger partial charge in [-0.25, -0.2) is 8.42 Å². The zero-order chi connectivity index (χ0) is 18.0. The largest absolute Gasteiger partial charge is 0.358 e. The Kier molecular flexibility index (Phi) is 4.63. The van der Waals surface area contributed by atoms with Crippen LogP contribution in [0.2, 0.25) is 0 Å². The highest BCUT2D eigenvalue weighted by Gasteiger charge is 2.22. The molecule has 130 valence electrons. The van der Waals surface area contributed by atoms with Gasteiger partial charge in [0.2, 0.25) is 5.91 Å². The number of carbonyl (C=O) groups excluding carboxylic acids is 1. The smallest absolute Gasteiger partial charge is 0.239 e. The van der Waals surface area contributed by atoms with Crippen LogP contribution in [0.4, 0.5) is 0 Å². The summed E-state index contributed by atoms with van der Waals surface area (Å²) in [5, 5.41) is 3.20. The third-order valence-electron chi connectivity index (χ3n) is 4.16. The molecule has 0 fully saturated rings. The van der Waals surface area contributed by atoms with Crippen molar-refractivity contribution in [2.24, 2.45) is 0 Å². The molecule has 1 N–H and O–H groups in total. The van der Waals surface area contributed by atoms with Gasteiger partial charge in [-0.05, 0) is 18.6 Å². The first-order chi connectivity index (χ1) is 11.9. The first kappa shape index (κ1) is 17.2. The van der Waals surface area contributed by atoms with Crippen LogP contribution < -0.4 is 5.32 Å². The zero-order valence-electron chi connectivity index (χ0n) is 14.2. The summed E-state index contributed by atoms with van der Waals surface area (Å²) in [6.45, 7) is 2.04. The van der Waals surface area contributed by atoms with E-state index < -0.39 is 9.84 Å². The Morgan fingerprint density at radius 3 is 2.44 bits per heavy atom. The number of rotatable bonds is 5. The lowest BCUT2D eigenvalue weighted by Crippen LogP contribution is -2.23. The second-order valence-electron chi connectivity index (χ2n) is 6.06. The van der Waals surface area contributed by atoms with Gasteiger partial charge >= 0.3 is 0 Å². The molecule has 0 aliphatic rings. The van der Waals surface area contributed by atoms with E-state index in [4.69, 9.17) is 0 Å². The first-order valence-corrected chi connectivity index (χ1v) is 9.63. The molecule has 25 heavy (non-hydrogen) atoms. The molecule has 6 heteroatoms. The topological polar surface area (TPSA) is 68.2 Å². The average molecular weight is 356 g/mol. The SMILES string of the molecule is CNC(=O)Cn1cc(S(=O)(=O)Cc2ccc(C)cc2)c2ccccc21. The first-order valence-electron chi connectivity index (χ1n) is 7.97. The van der Waals surface area contributed by atoms with Gasteiger partial charge in [-0.15, -0.1) is 0 Å². The maximum Gasteiger partial charge on any atom is 0.239 e. The Balaban J connectivity index is 2.04. The number of aryl methyl sites for hydroxylation is 1. The van der Waals surface area contributed by atoms with Gasteiger partial charge in [-0.1, -0.05) is 48.0 Å². The fourth-order valence-corrected chi connectivity index (χ4v) is 4.39. The van der Waals surface area contributed by atoms with E-state index >= 15 is 0 Å². The molecule has 0 atom stereocenters. The zero-order valence-corrected chi connectivity index (χ0v) is 15.0. The van der Waals surface area contributed by atoms with E-state index in [1.54, 1.807) is 29.9 Å². The van der Waals surface area contributed by atoms with Gasteiger partial charge < -0.3 is 9.88 Å². The molecule has 0 radical (unpaired) electrons. The number of hydrogen-bond donors (Lipinski definition) is 1. The number of fused-ring (bicyclic) bond motifs is 1. The third-order valence-corrected chi connectivity index (χ3v) is 5.87. The van der Waals surface area contributed by atoms with Gasteiger partial charge in [-0.3, -0.25) is 4.79 Å². The summed E-state index contributed by atoms with van der Waals surface area (Å²) < 4.78 is 27.6. The highest BCUT2D eigenvalue weighted by molar-refractivity contribution is 7.90. The van der Waals surface area contributed by atoms with Crippen LogP contribution in [-0.4, -0.2) is 25.9 Å². The number of carbonyl (C=O) groups is 1. The van der Waals surface area contributed by atoms with E-state index in [1.807, 2.05) is 43.3 Å². The summed E-state index contributed by atoms with van der Waals surface area (Å²) in [5.74, 6) is -0.246. The van der Waals surface area contributed by atoms with Crippen LogP contribution in [0.5, 0.6) is 0 Å². The molecule has 2 aromatic carbocycles. The number of benzene rings is 2. The minimum absolute atomic E-state index is 0.0682. The van der Waals surface area contributed by atoms with Crippen LogP contribution in [0.25, 0.3) is 10.9 Å². The normalized spacial score (nSPS) is 11.6. The number of nitrogens with one attached hydrogen (secondary N) is 1. The minimum atomic E-state index is -3.53. The molecule has 0 aliphatic heterocycles. The Hall–Kier alpha value is -2.60. The molecule has 0 saturated heterocycles. The lowest BCUT2D eigenvalue weighted by molar-refractivity contribution is -0.121. The molecule has 3 aromatic rings. The fourth-order valence-electron chi connectivity index (χ4n) is 2.81. The fraction of sp³-hybridized carbons (Fsp3) is 0.211. The van der Waals surface area contributed by atoms with Crippen molar-refractivity contribution in [3.05, 3.63) is 65.9 Å². The molecule has 0 unspecified atom stereocenters. The number of nitrogens with zero attached hydrogens (tertiary/aromatic N) is 1. The maximum atomic E-state index is 13.0. The van der Waals surface area contributed by atoms with Crippen molar-refractivity contribution in [3.63, 3.8) is 0 Å². The van der Waals surface area contributed by atoms with Gasteiger partial charge in [0, 0.05) is 24.1 Å². The molecule has 0 aliphatic carbocycles. The Morgan fingerprint density at radius 2 is 1.76 bits per heavy atom. The summed E-state index contributed by atoms with van der Waals surface area (Å²) in [4.78, 5) is 12.0. The van der Waals surface area contributed by atoms with Crippen molar-refractivity contribution < 1.29 is 13.2 Å². The monoisotopic (exact) mass is 356 g/mol. The van der Waals surface area contributed by atoms with Crippen LogP contribution in [0.1, 0.15) is 11.1 Å². The van der Waals surface area contributed by atoms with Crippen LogP contribution in [0, 0.1) is 6.92 Å². The molecule has 1 heterocycles. The molecule has 3 rings (SSSR count). The van der Waals surface area contributed by atoms with Crippen LogP contribution in [0.15, 0.2) is 59.6 Å². The molecule has 5 nitrogen and oxygen atoms in total. The average Bonchev–Trinajstić information content (AvgIpc) is 2.96. The second-order valence-corrected chi connectivity index (χ2v) is 8.01. The lowest BCUT2D eigenvalue weighted by Gasteiger charge is -2.04. The number of para-hydroxylation sites is 1. The predicted molar refractivity (Wildman–Crippen MR) is 98.1 cm³/mol. The molecule has 0 saturated carbocycles. The van der Waals surface area contributed by atoms with E-state index in [-0.39, 0.29) is 23.1 Å². The van der Waals surface area contributed by atoms with Crippen molar-refractivity contribution in [3.8, 4) is 0 Å². The summed E-state index contributed by atoms with van der Waals surface area (Å²) in [6.07, 6.45) is 1.56. The second kappa shape index (κ2) is 6.72. The van der Waals surface area contributed by atoms with Crippen molar-refractivity contribution in [1.29, 1.82) is 0 Å². The number of sulfone groups is 1. The minimum Gasteiger partial charge on any atom is -0.358 e.